The summed E-state index contributed by atoms with van der Waals surface area (Å²) < 4.78 is 0. The Labute approximate surface area is 117 Å². The van der Waals surface area contributed by atoms with Crippen LogP contribution < -0.4 is 5.73 Å². The van der Waals surface area contributed by atoms with E-state index < -0.39 is 0 Å². The van der Waals surface area contributed by atoms with Crippen LogP contribution in [0.4, 0.5) is 0 Å². The van der Waals surface area contributed by atoms with Gasteiger partial charge in [-0.15, -0.1) is 0 Å². The quantitative estimate of drug-likeness (QED) is 0.744. The van der Waals surface area contributed by atoms with E-state index in [-0.39, 0.29) is 5.92 Å². The van der Waals surface area contributed by atoms with Gasteiger partial charge in [-0.25, -0.2) is 0 Å². The van der Waals surface area contributed by atoms with Crippen LogP contribution in [-0.4, -0.2) is 11.5 Å². The fourth-order valence-electron chi connectivity index (χ4n) is 2.42. The third-order valence-corrected chi connectivity index (χ3v) is 3.69. The van der Waals surface area contributed by atoms with E-state index in [2.05, 4.69) is 23.2 Å². The molecule has 1 heterocycles. The largest absolute Gasteiger partial charge is 0.358 e. The molecule has 0 bridgehead atoms. The number of para-hydroxylation sites is 1. The lowest BCUT2D eigenvalue weighted by Gasteiger charge is -2.13. The summed E-state index contributed by atoms with van der Waals surface area (Å²) in [6, 6.07) is 18.3. The van der Waals surface area contributed by atoms with Gasteiger partial charge in [0.25, 0.3) is 0 Å². The van der Waals surface area contributed by atoms with Crippen LogP contribution in [0, 0.1) is 0 Å². The molecule has 1 atom stereocenters. The van der Waals surface area contributed by atoms with Gasteiger partial charge in [-0.3, -0.25) is 0 Å². The molecule has 3 aromatic rings. The first-order valence-corrected chi connectivity index (χ1v) is 6.69. The van der Waals surface area contributed by atoms with Crippen LogP contribution in [0.15, 0.2) is 54.6 Å². The van der Waals surface area contributed by atoms with Gasteiger partial charge in [-0.2, -0.15) is 0 Å². The van der Waals surface area contributed by atoms with E-state index >= 15 is 0 Å². The van der Waals surface area contributed by atoms with Crippen LogP contribution in [0.25, 0.3) is 10.9 Å². The van der Waals surface area contributed by atoms with Crippen molar-refractivity contribution in [2.45, 2.75) is 5.92 Å². The average molecular weight is 271 g/mol. The molecule has 0 spiro atoms. The predicted octanol–water partition coefficient (Wildman–Crippen LogP) is 3.91. The smallest absolute Gasteiger partial charge is 0.0456 e. The van der Waals surface area contributed by atoms with Gasteiger partial charge in [0.2, 0.25) is 0 Å². The number of nitrogens with two attached hydrogens (primary N) is 1. The molecule has 3 N–H and O–H groups in total. The van der Waals surface area contributed by atoms with Crippen molar-refractivity contribution in [3.8, 4) is 0 Å². The third kappa shape index (κ3) is 2.37. The summed E-state index contributed by atoms with van der Waals surface area (Å²) in [5.41, 5.74) is 9.41. The maximum absolute atomic E-state index is 5.94. The van der Waals surface area contributed by atoms with Crippen molar-refractivity contribution in [3.05, 3.63) is 70.9 Å². The van der Waals surface area contributed by atoms with E-state index in [1.165, 1.54) is 10.9 Å². The Bertz CT molecular complexity index is 652. The minimum atomic E-state index is 0.171. The topological polar surface area (TPSA) is 41.8 Å². The maximum Gasteiger partial charge on any atom is 0.0456 e. The second-order valence-electron chi connectivity index (χ2n) is 4.65. The molecule has 19 heavy (non-hydrogen) atoms. The standard InChI is InChI=1S/C16H15ClN2/c17-13-7-5-11(6-8-13)14(10-18)16-9-12-3-1-2-4-15(12)19-16/h1-9,14,19H,10,18H2. The molecule has 0 radical (unpaired) electrons. The molecular formula is C16H15ClN2. The maximum atomic E-state index is 5.94. The summed E-state index contributed by atoms with van der Waals surface area (Å²) in [6.07, 6.45) is 0. The van der Waals surface area contributed by atoms with Crippen molar-refractivity contribution in [2.75, 3.05) is 6.54 Å². The summed E-state index contributed by atoms with van der Waals surface area (Å²) in [7, 11) is 0. The highest BCUT2D eigenvalue weighted by molar-refractivity contribution is 6.30. The molecule has 3 rings (SSSR count). The number of benzene rings is 2. The minimum absolute atomic E-state index is 0.171. The monoisotopic (exact) mass is 270 g/mol. The highest BCUT2D eigenvalue weighted by Gasteiger charge is 2.14. The normalized spacial score (nSPS) is 12.7. The first-order chi connectivity index (χ1) is 9.28. The molecule has 3 heteroatoms. The van der Waals surface area contributed by atoms with Crippen molar-refractivity contribution in [1.29, 1.82) is 0 Å². The first kappa shape index (κ1) is 12.3. The second kappa shape index (κ2) is 5.08. The lowest BCUT2D eigenvalue weighted by Crippen LogP contribution is -2.14. The van der Waals surface area contributed by atoms with Gasteiger partial charge < -0.3 is 10.7 Å². The Morgan fingerprint density at radius 2 is 1.79 bits per heavy atom. The summed E-state index contributed by atoms with van der Waals surface area (Å²) in [6.45, 7) is 0.564. The fourth-order valence-corrected chi connectivity index (χ4v) is 2.55. The molecule has 0 aliphatic heterocycles. The van der Waals surface area contributed by atoms with Gasteiger partial charge in [-0.05, 0) is 35.2 Å². The summed E-state index contributed by atoms with van der Waals surface area (Å²) >= 11 is 5.93. The molecule has 1 aromatic heterocycles. The SMILES string of the molecule is NCC(c1ccc(Cl)cc1)c1cc2ccccc2[nH]1. The van der Waals surface area contributed by atoms with Crippen LogP contribution in [0.5, 0.6) is 0 Å². The Morgan fingerprint density at radius 1 is 1.05 bits per heavy atom. The Hall–Kier alpha value is -1.77. The van der Waals surface area contributed by atoms with Gasteiger partial charge in [-0.1, -0.05) is 41.9 Å². The van der Waals surface area contributed by atoms with E-state index in [1.54, 1.807) is 0 Å². The highest BCUT2D eigenvalue weighted by Crippen LogP contribution is 2.27. The minimum Gasteiger partial charge on any atom is -0.358 e. The number of aromatic amines is 1. The first-order valence-electron chi connectivity index (χ1n) is 6.31. The van der Waals surface area contributed by atoms with E-state index in [9.17, 15) is 0 Å². The van der Waals surface area contributed by atoms with Gasteiger partial charge in [0.05, 0.1) is 0 Å². The van der Waals surface area contributed by atoms with Gasteiger partial charge in [0.15, 0.2) is 0 Å². The molecule has 0 aliphatic rings. The number of rotatable bonds is 3. The van der Waals surface area contributed by atoms with Crippen molar-refractivity contribution in [3.63, 3.8) is 0 Å². The van der Waals surface area contributed by atoms with Crippen LogP contribution in [0.3, 0.4) is 0 Å². The van der Waals surface area contributed by atoms with E-state index in [0.717, 1.165) is 16.2 Å². The number of aromatic nitrogens is 1. The zero-order chi connectivity index (χ0) is 13.2. The Balaban J connectivity index is 2.04. The number of H-pyrrole nitrogens is 1. The lowest BCUT2D eigenvalue weighted by atomic mass is 9.96. The van der Waals surface area contributed by atoms with Crippen LogP contribution in [0.2, 0.25) is 5.02 Å². The highest BCUT2D eigenvalue weighted by atomic mass is 35.5. The van der Waals surface area contributed by atoms with Gasteiger partial charge >= 0.3 is 0 Å². The van der Waals surface area contributed by atoms with E-state index in [1.807, 2.05) is 36.4 Å². The third-order valence-electron chi connectivity index (χ3n) is 3.43. The van der Waals surface area contributed by atoms with Crippen LogP contribution in [-0.2, 0) is 0 Å². The Morgan fingerprint density at radius 3 is 2.47 bits per heavy atom. The van der Waals surface area contributed by atoms with Gasteiger partial charge in [0, 0.05) is 28.7 Å². The van der Waals surface area contributed by atoms with Crippen molar-refractivity contribution in [1.82, 2.24) is 4.98 Å². The molecule has 2 nitrogen and oxygen atoms in total. The molecule has 0 fully saturated rings. The molecule has 2 aromatic carbocycles. The molecule has 0 saturated carbocycles. The molecule has 0 amide bonds. The van der Waals surface area contributed by atoms with Crippen LogP contribution in [0.1, 0.15) is 17.2 Å². The molecule has 0 aliphatic carbocycles. The zero-order valence-corrected chi connectivity index (χ0v) is 11.2. The molecule has 96 valence electrons. The van der Waals surface area contributed by atoms with E-state index in [0.29, 0.717) is 6.54 Å². The average Bonchev–Trinajstić information content (AvgIpc) is 2.85. The van der Waals surface area contributed by atoms with E-state index in [4.69, 9.17) is 17.3 Å². The van der Waals surface area contributed by atoms with Gasteiger partial charge in [0.1, 0.15) is 0 Å². The van der Waals surface area contributed by atoms with Crippen LogP contribution >= 0.6 is 11.6 Å². The number of hydrogen-bond acceptors (Lipinski definition) is 1. The molecule has 1 unspecified atom stereocenters. The van der Waals surface area contributed by atoms with Crippen molar-refractivity contribution < 1.29 is 0 Å². The number of halogens is 1. The number of nitrogens with one attached hydrogen (secondary N) is 1. The lowest BCUT2D eigenvalue weighted by molar-refractivity contribution is 0.797. The van der Waals surface area contributed by atoms with Crippen molar-refractivity contribution in [2.24, 2.45) is 5.73 Å². The Kier molecular flexibility index (Phi) is 3.28. The second-order valence-corrected chi connectivity index (χ2v) is 5.09. The molecular weight excluding hydrogens is 256 g/mol. The van der Waals surface area contributed by atoms with Crippen molar-refractivity contribution >= 4 is 22.5 Å². The number of hydrogen-bond donors (Lipinski definition) is 2. The summed E-state index contributed by atoms with van der Waals surface area (Å²) in [5, 5.41) is 1.96. The fraction of sp³-hybridized carbons (Fsp3) is 0.125. The molecule has 0 saturated heterocycles. The zero-order valence-electron chi connectivity index (χ0n) is 10.4. The summed E-state index contributed by atoms with van der Waals surface area (Å²) in [4.78, 5) is 3.45. The predicted molar refractivity (Wildman–Crippen MR) is 80.6 cm³/mol. The number of fused-ring (bicyclic) bond motifs is 1. The summed E-state index contributed by atoms with van der Waals surface area (Å²) in [5.74, 6) is 0.171.